The Labute approximate surface area is 228 Å². The van der Waals surface area contributed by atoms with Crippen molar-refractivity contribution in [3.63, 3.8) is 0 Å². The van der Waals surface area contributed by atoms with Gasteiger partial charge in [-0.2, -0.15) is 0 Å². The third-order valence-corrected chi connectivity index (χ3v) is 6.49. The largest absolute Gasteiger partial charge is 0.480 e. The lowest BCUT2D eigenvalue weighted by Gasteiger charge is -2.30. The van der Waals surface area contributed by atoms with Gasteiger partial charge in [0.05, 0.1) is 0 Å². The van der Waals surface area contributed by atoms with E-state index in [9.17, 15) is 39.2 Å². The topological polar surface area (TPSA) is 227 Å². The summed E-state index contributed by atoms with van der Waals surface area (Å²) in [5.74, 6) is -3.57. The van der Waals surface area contributed by atoms with Crippen LogP contribution >= 0.6 is 0 Å². The molecule has 2 aliphatic rings. The fourth-order valence-electron chi connectivity index (χ4n) is 4.58. The first-order chi connectivity index (χ1) is 19.1. The van der Waals surface area contributed by atoms with Gasteiger partial charge < -0.3 is 25.8 Å². The highest BCUT2D eigenvalue weighted by Gasteiger charge is 2.46. The summed E-state index contributed by atoms with van der Waals surface area (Å²) in [6.07, 6.45) is -0.0614. The van der Waals surface area contributed by atoms with Crippen LogP contribution in [-0.2, 0) is 30.5 Å². The number of carboxylic acid groups (broad SMARTS) is 1. The molecule has 3 atom stereocenters. The van der Waals surface area contributed by atoms with Gasteiger partial charge in [-0.25, -0.2) is 29.6 Å². The van der Waals surface area contributed by atoms with E-state index < -0.39 is 58.9 Å². The zero-order valence-corrected chi connectivity index (χ0v) is 21.6. The number of hydrogen-bond acceptors (Lipinski definition) is 9. The molecule has 1 aromatic rings. The fraction of sp³-hybridized carbons (Fsp3) is 0.500. The average molecular weight is 562 g/mol. The molecule has 0 unspecified atom stereocenters. The van der Waals surface area contributed by atoms with Crippen molar-refractivity contribution in [2.45, 2.75) is 63.3 Å². The normalized spacial score (nSPS) is 19.7. The summed E-state index contributed by atoms with van der Waals surface area (Å²) in [7, 11) is 0. The van der Waals surface area contributed by atoms with Crippen LogP contribution in [0.3, 0.4) is 0 Å². The van der Waals surface area contributed by atoms with Gasteiger partial charge in [0.2, 0.25) is 17.7 Å². The van der Waals surface area contributed by atoms with Crippen molar-refractivity contribution in [1.29, 1.82) is 0 Å². The molecule has 16 nitrogen and oxygen atoms in total. The van der Waals surface area contributed by atoms with Crippen molar-refractivity contribution in [2.75, 3.05) is 13.1 Å². The highest BCUT2D eigenvalue weighted by molar-refractivity contribution is 6.02. The average Bonchev–Trinajstić information content (AvgIpc) is 3.56. The number of aliphatic carboxylic acids is 1. The highest BCUT2D eigenvalue weighted by atomic mass is 16.7. The second-order valence-corrected chi connectivity index (χ2v) is 9.23. The molecule has 0 spiro atoms. The summed E-state index contributed by atoms with van der Waals surface area (Å²) in [4.78, 5) is 79.4. The number of amides is 4. The van der Waals surface area contributed by atoms with Gasteiger partial charge in [0.15, 0.2) is 5.03 Å². The lowest BCUT2D eigenvalue weighted by atomic mass is 10.1. The monoisotopic (exact) mass is 561 g/mol. The number of benzene rings is 1. The van der Waals surface area contributed by atoms with Gasteiger partial charge in [0, 0.05) is 19.5 Å². The first kappa shape index (κ1) is 29.8. The molecule has 2 heterocycles. The molecule has 40 heavy (non-hydrogen) atoms. The van der Waals surface area contributed by atoms with Crippen molar-refractivity contribution in [2.24, 2.45) is 10.7 Å². The van der Waals surface area contributed by atoms with E-state index in [1.54, 1.807) is 35.8 Å². The lowest BCUT2D eigenvalue weighted by molar-refractivity contribution is -0.525. The summed E-state index contributed by atoms with van der Waals surface area (Å²) >= 11 is 0. The number of carbonyl (C=O) groups excluding carboxylic acids is 4. The van der Waals surface area contributed by atoms with Crippen LogP contribution in [0.1, 0.15) is 44.1 Å². The smallest absolute Gasteiger partial charge is 0.417 e. The van der Waals surface area contributed by atoms with Gasteiger partial charge in [-0.1, -0.05) is 35.8 Å². The van der Waals surface area contributed by atoms with E-state index in [0.717, 1.165) is 4.90 Å². The van der Waals surface area contributed by atoms with Gasteiger partial charge in [-0.3, -0.25) is 14.4 Å². The van der Waals surface area contributed by atoms with Crippen LogP contribution in [0.4, 0.5) is 4.79 Å². The van der Waals surface area contributed by atoms with E-state index >= 15 is 0 Å². The third kappa shape index (κ3) is 7.87. The van der Waals surface area contributed by atoms with Crippen molar-refractivity contribution >= 4 is 35.7 Å². The van der Waals surface area contributed by atoms with Crippen molar-refractivity contribution in [1.82, 2.24) is 20.5 Å². The molecular weight excluding hydrogens is 530 g/mol. The van der Waals surface area contributed by atoms with E-state index in [0.29, 0.717) is 12.0 Å². The molecule has 1 aromatic carbocycles. The molecule has 0 saturated carbocycles. The van der Waals surface area contributed by atoms with Crippen LogP contribution < -0.4 is 16.5 Å². The first-order valence-electron chi connectivity index (χ1n) is 12.7. The van der Waals surface area contributed by atoms with E-state index in [4.69, 9.17) is 10.5 Å². The summed E-state index contributed by atoms with van der Waals surface area (Å²) in [5.41, 5.74) is 7.68. The minimum Gasteiger partial charge on any atom is -0.480 e. The van der Waals surface area contributed by atoms with Crippen molar-refractivity contribution in [3.05, 3.63) is 46.0 Å². The number of nitrogens with one attached hydrogen (secondary N) is 2. The predicted octanol–water partition coefficient (Wildman–Crippen LogP) is -0.249. The fourth-order valence-corrected chi connectivity index (χ4v) is 4.58. The summed E-state index contributed by atoms with van der Waals surface area (Å²) in [5, 5.41) is 21.4. The molecule has 216 valence electrons. The molecule has 2 fully saturated rings. The van der Waals surface area contributed by atoms with E-state index in [1.807, 2.05) is 0 Å². The number of hydrazine groups is 1. The Morgan fingerprint density at radius 3 is 2.60 bits per heavy atom. The third-order valence-electron chi connectivity index (χ3n) is 6.49. The lowest BCUT2D eigenvalue weighted by Crippen LogP contribution is -2.55. The van der Waals surface area contributed by atoms with E-state index in [-0.39, 0.29) is 51.8 Å². The Morgan fingerprint density at radius 2 is 1.93 bits per heavy atom. The minimum absolute atomic E-state index is 0.0215. The number of nitrogens with two attached hydrogens (primary N) is 1. The number of nitrogens with zero attached hydrogens (tertiary/aromatic N) is 4. The number of likely N-dealkylation sites (tertiary alicyclic amines) is 2. The van der Waals surface area contributed by atoms with Gasteiger partial charge >= 0.3 is 12.1 Å². The van der Waals surface area contributed by atoms with Gasteiger partial charge in [0.25, 0.3) is 5.96 Å². The van der Waals surface area contributed by atoms with Crippen LogP contribution in [0.15, 0.2) is 35.3 Å². The Hall–Kier alpha value is -4.76. The second kappa shape index (κ2) is 13.9. The Morgan fingerprint density at radius 1 is 1.20 bits per heavy atom. The second-order valence-electron chi connectivity index (χ2n) is 9.23. The van der Waals surface area contributed by atoms with Crippen LogP contribution in [-0.4, -0.2) is 86.9 Å². The molecule has 16 heteroatoms. The summed E-state index contributed by atoms with van der Waals surface area (Å²) in [6, 6.07) is 5.42. The van der Waals surface area contributed by atoms with Crippen molar-refractivity contribution in [3.8, 4) is 0 Å². The standard InChI is InChI=1S/C24H31N7O9/c25-23(28-31(38)39)26-12-4-8-16(22(35)36)27-20(33)17-9-5-13-29(17)21(34)18-10-11-19(32)30(18)24(37)40-14-15-6-2-1-3-7-15/h1-3,6-7,16-18H,4-5,8-14H2,(H,27,33)(H,35,36)(H3,25,26,28)/t16-,17-,18-/m0/s1. The van der Waals surface area contributed by atoms with Crippen LogP contribution in [0.25, 0.3) is 0 Å². The zero-order chi connectivity index (χ0) is 29.2. The number of carbonyl (C=O) groups is 5. The van der Waals surface area contributed by atoms with Crippen LogP contribution in [0.5, 0.6) is 0 Å². The zero-order valence-electron chi connectivity index (χ0n) is 21.6. The number of nitro groups is 1. The molecule has 3 rings (SSSR count). The molecule has 0 aliphatic carbocycles. The number of carboxylic acids is 1. The number of hydrogen-bond donors (Lipinski definition) is 4. The Bertz CT molecular complexity index is 1160. The maximum Gasteiger partial charge on any atom is 0.417 e. The van der Waals surface area contributed by atoms with Crippen LogP contribution in [0, 0.1) is 10.1 Å². The Kier molecular flexibility index (Phi) is 10.3. The predicted molar refractivity (Wildman–Crippen MR) is 137 cm³/mol. The molecular formula is C24H31N7O9. The molecule has 2 aliphatic heterocycles. The Balaban J connectivity index is 1.59. The number of guanidine groups is 1. The SMILES string of the molecule is NC(=NCCC[C@H](NC(=O)[C@@H]1CCCN1C(=O)[C@@H]1CCC(=O)N1C(=O)OCc1ccccc1)C(=O)O)N[N+](=O)[O-]. The summed E-state index contributed by atoms with van der Waals surface area (Å²) in [6.45, 7) is 0.0931. The highest BCUT2D eigenvalue weighted by Crippen LogP contribution is 2.26. The quantitative estimate of drug-likeness (QED) is 0.0905. The number of imide groups is 1. The molecule has 2 saturated heterocycles. The molecule has 0 radical (unpaired) electrons. The van der Waals surface area contributed by atoms with E-state index in [1.165, 1.54) is 4.90 Å². The maximum absolute atomic E-state index is 13.4. The maximum atomic E-state index is 13.4. The summed E-state index contributed by atoms with van der Waals surface area (Å²) < 4.78 is 5.26. The number of aliphatic imine (C=N–C) groups is 1. The number of rotatable bonds is 11. The van der Waals surface area contributed by atoms with Crippen LogP contribution in [0.2, 0.25) is 0 Å². The molecule has 0 aromatic heterocycles. The van der Waals surface area contributed by atoms with Crippen molar-refractivity contribution < 1.29 is 38.8 Å². The van der Waals surface area contributed by atoms with Gasteiger partial charge in [-0.05, 0) is 37.7 Å². The first-order valence-corrected chi connectivity index (χ1v) is 12.7. The molecule has 4 amide bonds. The molecule has 0 bridgehead atoms. The van der Waals surface area contributed by atoms with Gasteiger partial charge in [0.1, 0.15) is 24.7 Å². The minimum atomic E-state index is -1.31. The van der Waals surface area contributed by atoms with E-state index in [2.05, 4.69) is 10.3 Å². The molecule has 5 N–H and O–H groups in total. The number of ether oxygens (including phenoxy) is 1. The van der Waals surface area contributed by atoms with Gasteiger partial charge in [-0.15, -0.1) is 0 Å².